The number of para-hydroxylation sites is 1. The van der Waals surface area contributed by atoms with Crippen LogP contribution in [0.1, 0.15) is 77.6 Å². The van der Waals surface area contributed by atoms with Crippen molar-refractivity contribution in [3.63, 3.8) is 0 Å². The number of aryl methyl sites for hydroxylation is 1. The molecule has 2 heteroatoms. The summed E-state index contributed by atoms with van der Waals surface area (Å²) < 4.78 is 2.34. The van der Waals surface area contributed by atoms with Crippen molar-refractivity contribution in [2.75, 3.05) is 4.90 Å². The van der Waals surface area contributed by atoms with E-state index in [0.29, 0.717) is 0 Å². The molecule has 1 aliphatic rings. The molecule has 1 heterocycles. The van der Waals surface area contributed by atoms with Crippen LogP contribution < -0.4 is 4.90 Å². The van der Waals surface area contributed by atoms with Gasteiger partial charge < -0.3 is 9.47 Å². The molecule has 0 atom stereocenters. The molecule has 1 aliphatic carbocycles. The van der Waals surface area contributed by atoms with E-state index < -0.39 is 0 Å². The SMILES string of the molecule is Cn1c2ccccc2c2cc3c(cc21)-c1ccc(N(c2ccc(C(C)(C)C)cc2)c2ccc(C(C)(C)C)cc2)cc1C3(C)C. The number of fused-ring (bicyclic) bond motifs is 6. The summed E-state index contributed by atoms with van der Waals surface area (Å²) in [5.74, 6) is 0. The Balaban J connectivity index is 1.39. The molecule has 0 radical (unpaired) electrons. The Bertz CT molecular complexity index is 1980. The van der Waals surface area contributed by atoms with Crippen LogP contribution in [-0.4, -0.2) is 4.57 Å². The highest BCUT2D eigenvalue weighted by Gasteiger charge is 2.37. The highest BCUT2D eigenvalue weighted by atomic mass is 15.1. The highest BCUT2D eigenvalue weighted by Crippen LogP contribution is 2.52. The van der Waals surface area contributed by atoms with Crippen molar-refractivity contribution >= 4 is 38.9 Å². The molecule has 2 nitrogen and oxygen atoms in total. The molecule has 0 unspecified atom stereocenters. The summed E-state index contributed by atoms with van der Waals surface area (Å²) in [5.41, 5.74) is 14.4. The molecule has 0 fully saturated rings. The first kappa shape index (κ1) is 28.5. The van der Waals surface area contributed by atoms with Crippen LogP contribution >= 0.6 is 0 Å². The monoisotopic (exact) mass is 576 g/mol. The van der Waals surface area contributed by atoms with Crippen molar-refractivity contribution in [1.82, 2.24) is 4.57 Å². The van der Waals surface area contributed by atoms with E-state index in [9.17, 15) is 0 Å². The molecule has 0 amide bonds. The Hall–Kier alpha value is -4.30. The fourth-order valence-corrected chi connectivity index (χ4v) is 7.18. The molecule has 0 saturated carbocycles. The zero-order valence-corrected chi connectivity index (χ0v) is 27.7. The van der Waals surface area contributed by atoms with E-state index in [1.807, 2.05) is 0 Å². The smallest absolute Gasteiger partial charge is 0.0495 e. The zero-order chi connectivity index (χ0) is 31.2. The molecule has 1 aromatic heterocycles. The van der Waals surface area contributed by atoms with Crippen molar-refractivity contribution in [2.24, 2.45) is 7.05 Å². The van der Waals surface area contributed by atoms with Crippen molar-refractivity contribution in [1.29, 1.82) is 0 Å². The maximum Gasteiger partial charge on any atom is 0.0495 e. The number of hydrogen-bond acceptors (Lipinski definition) is 1. The first-order valence-electron chi connectivity index (χ1n) is 15.9. The minimum atomic E-state index is -0.121. The highest BCUT2D eigenvalue weighted by molar-refractivity contribution is 6.10. The van der Waals surface area contributed by atoms with Crippen LogP contribution in [0.25, 0.3) is 32.9 Å². The van der Waals surface area contributed by atoms with E-state index in [4.69, 9.17) is 0 Å². The van der Waals surface area contributed by atoms with E-state index in [1.165, 1.54) is 72.2 Å². The van der Waals surface area contributed by atoms with Crippen LogP contribution in [0.15, 0.2) is 103 Å². The Morgan fingerprint density at radius 1 is 0.523 bits per heavy atom. The molecule has 6 aromatic rings. The lowest BCUT2D eigenvalue weighted by Crippen LogP contribution is -2.17. The predicted octanol–water partition coefficient (Wildman–Crippen LogP) is 11.7. The van der Waals surface area contributed by atoms with Crippen molar-refractivity contribution in [3.05, 3.63) is 125 Å². The quantitative estimate of drug-likeness (QED) is 0.203. The van der Waals surface area contributed by atoms with Gasteiger partial charge in [-0.2, -0.15) is 0 Å². The summed E-state index contributed by atoms with van der Waals surface area (Å²) in [5, 5.41) is 2.66. The third-order valence-corrected chi connectivity index (χ3v) is 9.93. The van der Waals surface area contributed by atoms with Gasteiger partial charge in [0.2, 0.25) is 0 Å². The van der Waals surface area contributed by atoms with Crippen LogP contribution in [0, 0.1) is 0 Å². The van der Waals surface area contributed by atoms with Crippen LogP contribution in [0.5, 0.6) is 0 Å². The minimum absolute atomic E-state index is 0.107. The van der Waals surface area contributed by atoms with Gasteiger partial charge in [0.05, 0.1) is 0 Å². The van der Waals surface area contributed by atoms with Crippen LogP contribution in [0.4, 0.5) is 17.1 Å². The molecule has 222 valence electrons. The molecule has 0 bridgehead atoms. The lowest BCUT2D eigenvalue weighted by Gasteiger charge is -2.29. The topological polar surface area (TPSA) is 8.17 Å². The molecular formula is C42H44N2. The van der Waals surface area contributed by atoms with Gasteiger partial charge in [-0.15, -0.1) is 0 Å². The first-order chi connectivity index (χ1) is 20.7. The number of rotatable bonds is 3. The van der Waals surface area contributed by atoms with Crippen molar-refractivity contribution in [2.45, 2.75) is 71.6 Å². The van der Waals surface area contributed by atoms with Gasteiger partial charge in [0, 0.05) is 51.3 Å². The molecule has 0 N–H and O–H groups in total. The summed E-state index contributed by atoms with van der Waals surface area (Å²) in [6.45, 7) is 18.4. The lowest BCUT2D eigenvalue weighted by atomic mass is 9.82. The Labute approximate surface area is 263 Å². The third kappa shape index (κ3) is 4.38. The molecule has 5 aromatic carbocycles. The van der Waals surface area contributed by atoms with E-state index >= 15 is 0 Å². The Morgan fingerprint density at radius 3 is 1.61 bits per heavy atom. The fourth-order valence-electron chi connectivity index (χ4n) is 7.18. The van der Waals surface area contributed by atoms with Gasteiger partial charge in [0.1, 0.15) is 0 Å². The maximum atomic E-state index is 2.46. The van der Waals surface area contributed by atoms with Crippen molar-refractivity contribution < 1.29 is 0 Å². The van der Waals surface area contributed by atoms with Gasteiger partial charge in [-0.1, -0.05) is 104 Å². The largest absolute Gasteiger partial charge is 0.344 e. The standard InChI is InChI=1S/C42H44N2/c1-40(2,3)27-14-18-29(19-15-27)44(30-20-16-28(17-21-30)41(4,5)6)31-22-23-32-34-26-39-35(25-37(34)42(7,8)36(32)24-31)33-12-10-11-13-38(33)43(39)9/h10-26H,1-9H3. The van der Waals surface area contributed by atoms with Gasteiger partial charge in [0.25, 0.3) is 0 Å². The molecule has 0 saturated heterocycles. The number of aromatic nitrogens is 1. The maximum absolute atomic E-state index is 2.46. The average Bonchev–Trinajstić information content (AvgIpc) is 3.39. The average molecular weight is 577 g/mol. The summed E-state index contributed by atoms with van der Waals surface area (Å²) in [4.78, 5) is 2.42. The molecular weight excluding hydrogens is 532 g/mol. The summed E-state index contributed by atoms with van der Waals surface area (Å²) in [7, 11) is 2.19. The third-order valence-electron chi connectivity index (χ3n) is 9.93. The molecule has 44 heavy (non-hydrogen) atoms. The van der Waals surface area contributed by atoms with Crippen LogP contribution in [0.3, 0.4) is 0 Å². The number of benzene rings is 5. The van der Waals surface area contributed by atoms with Crippen LogP contribution in [0.2, 0.25) is 0 Å². The first-order valence-corrected chi connectivity index (χ1v) is 15.9. The van der Waals surface area contributed by atoms with Crippen molar-refractivity contribution in [3.8, 4) is 11.1 Å². The normalized spacial score (nSPS) is 14.2. The Morgan fingerprint density at radius 2 is 1.05 bits per heavy atom. The molecule has 0 spiro atoms. The fraction of sp³-hybridized carbons (Fsp3) is 0.286. The van der Waals surface area contributed by atoms with E-state index in [0.717, 1.165) is 0 Å². The van der Waals surface area contributed by atoms with Gasteiger partial charge >= 0.3 is 0 Å². The lowest BCUT2D eigenvalue weighted by molar-refractivity contribution is 0.590. The van der Waals surface area contributed by atoms with E-state index in [2.05, 4.69) is 175 Å². The number of anilines is 3. The minimum Gasteiger partial charge on any atom is -0.344 e. The molecule has 0 aliphatic heterocycles. The van der Waals surface area contributed by atoms with E-state index in [-0.39, 0.29) is 16.2 Å². The zero-order valence-electron chi connectivity index (χ0n) is 27.7. The Kier molecular flexibility index (Phi) is 6.21. The number of hydrogen-bond donors (Lipinski definition) is 0. The second kappa shape index (κ2) is 9.60. The van der Waals surface area contributed by atoms with Gasteiger partial charge in [-0.3, -0.25) is 0 Å². The summed E-state index contributed by atoms with van der Waals surface area (Å²) in [6.07, 6.45) is 0. The summed E-state index contributed by atoms with van der Waals surface area (Å²) in [6, 6.07) is 39.0. The predicted molar refractivity (Wildman–Crippen MR) is 190 cm³/mol. The second-order valence-electron chi connectivity index (χ2n) is 15.3. The van der Waals surface area contributed by atoms with Gasteiger partial charge in [-0.25, -0.2) is 0 Å². The van der Waals surface area contributed by atoms with Gasteiger partial charge in [-0.05, 0) is 98.8 Å². The van der Waals surface area contributed by atoms with Crippen LogP contribution in [-0.2, 0) is 23.3 Å². The van der Waals surface area contributed by atoms with Gasteiger partial charge in [0.15, 0.2) is 0 Å². The second-order valence-corrected chi connectivity index (χ2v) is 15.3. The van der Waals surface area contributed by atoms with E-state index in [1.54, 1.807) is 0 Å². The molecule has 7 rings (SSSR count). The number of nitrogens with zero attached hydrogens (tertiary/aromatic N) is 2. The summed E-state index contributed by atoms with van der Waals surface area (Å²) >= 11 is 0.